The Morgan fingerprint density at radius 3 is 2.61 bits per heavy atom. The van der Waals surface area contributed by atoms with Crippen LogP contribution in [0.1, 0.15) is 44.1 Å². The second-order valence-corrected chi connectivity index (χ2v) is 5.80. The van der Waals surface area contributed by atoms with Crippen LogP contribution in [0.25, 0.3) is 11.0 Å². The Bertz CT molecular complexity index is 750. The van der Waals surface area contributed by atoms with Gasteiger partial charge in [0, 0.05) is 11.3 Å². The Morgan fingerprint density at radius 2 is 2.00 bits per heavy atom. The van der Waals surface area contributed by atoms with Gasteiger partial charge in [0.1, 0.15) is 17.3 Å². The molecule has 0 aliphatic carbocycles. The molecule has 3 aromatic rings. The molecule has 0 bridgehead atoms. The first-order valence-corrected chi connectivity index (χ1v) is 8.94. The largest absolute Gasteiger partial charge is 0.364 e. The number of nitrogens with zero attached hydrogens (tertiary/aromatic N) is 2. The summed E-state index contributed by atoms with van der Waals surface area (Å²) in [4.78, 5) is 13.1. The Labute approximate surface area is 140 Å². The van der Waals surface area contributed by atoms with Gasteiger partial charge in [-0.05, 0) is 17.9 Å². The van der Waals surface area contributed by atoms with Crippen LogP contribution in [-0.2, 0) is 19.4 Å². The Kier molecular flexibility index (Phi) is 6.10. The van der Waals surface area contributed by atoms with Crippen LogP contribution >= 0.6 is 11.3 Å². The van der Waals surface area contributed by atoms with Crippen LogP contribution in [0.5, 0.6) is 0 Å². The number of hydrogen-bond acceptors (Lipinski definition) is 4. The van der Waals surface area contributed by atoms with Crippen molar-refractivity contribution in [2.45, 2.75) is 47.1 Å². The van der Waals surface area contributed by atoms with Crippen molar-refractivity contribution in [3.63, 3.8) is 0 Å². The molecule has 0 saturated heterocycles. The van der Waals surface area contributed by atoms with Gasteiger partial charge in [0.25, 0.3) is 0 Å². The van der Waals surface area contributed by atoms with Crippen LogP contribution in [-0.4, -0.2) is 15.0 Å². The summed E-state index contributed by atoms with van der Waals surface area (Å²) in [6.45, 7) is 8.55. The number of H-pyrrole nitrogens is 1. The molecule has 3 aromatic heterocycles. The van der Waals surface area contributed by atoms with Crippen molar-refractivity contribution in [1.82, 2.24) is 15.0 Å². The van der Waals surface area contributed by atoms with Crippen molar-refractivity contribution in [3.8, 4) is 0 Å². The van der Waals surface area contributed by atoms with Crippen molar-refractivity contribution in [2.75, 3.05) is 5.32 Å². The van der Waals surface area contributed by atoms with Crippen LogP contribution in [0.3, 0.4) is 0 Å². The van der Waals surface area contributed by atoms with E-state index in [1.807, 2.05) is 45.2 Å². The molecule has 6 heteroatoms. The van der Waals surface area contributed by atoms with E-state index in [1.165, 1.54) is 4.88 Å². The Morgan fingerprint density at radius 1 is 1.22 bits per heavy atom. The normalized spacial score (nSPS) is 10.5. The number of halogens is 1. The first-order chi connectivity index (χ1) is 11.2. The molecule has 124 valence electrons. The number of rotatable bonds is 5. The van der Waals surface area contributed by atoms with E-state index in [2.05, 4.69) is 20.3 Å². The molecule has 0 amide bonds. The highest BCUT2D eigenvalue weighted by Crippen LogP contribution is 2.27. The topological polar surface area (TPSA) is 53.6 Å². The standard InChI is InChI=1S/C15H17FN4S.C2H6/c1-3-10-13(16)12-14(17-8-9-6-5-7-21-9)19-11(4-2)20-15(12)18-10;1-2/h5-7H,3-4,8H2,1-2H3,(H2,17,18,19,20);1-2H3. The highest BCUT2D eigenvalue weighted by Gasteiger charge is 2.17. The van der Waals surface area contributed by atoms with E-state index >= 15 is 0 Å². The van der Waals surface area contributed by atoms with Gasteiger partial charge in [-0.25, -0.2) is 14.4 Å². The summed E-state index contributed by atoms with van der Waals surface area (Å²) >= 11 is 1.66. The molecule has 0 aromatic carbocycles. The minimum atomic E-state index is -0.246. The molecule has 4 nitrogen and oxygen atoms in total. The second-order valence-electron chi connectivity index (χ2n) is 4.77. The van der Waals surface area contributed by atoms with Crippen molar-refractivity contribution in [2.24, 2.45) is 0 Å². The zero-order chi connectivity index (χ0) is 16.8. The summed E-state index contributed by atoms with van der Waals surface area (Å²) in [5.74, 6) is 1.03. The smallest absolute Gasteiger partial charge is 0.157 e. The van der Waals surface area contributed by atoms with E-state index in [0.717, 1.165) is 0 Å². The van der Waals surface area contributed by atoms with Gasteiger partial charge in [0.15, 0.2) is 5.82 Å². The lowest BCUT2D eigenvalue weighted by Gasteiger charge is -2.07. The van der Waals surface area contributed by atoms with Crippen LogP contribution in [0.15, 0.2) is 17.5 Å². The number of aromatic nitrogens is 3. The molecule has 23 heavy (non-hydrogen) atoms. The van der Waals surface area contributed by atoms with Gasteiger partial charge in [0.2, 0.25) is 0 Å². The number of aryl methyl sites for hydroxylation is 2. The fraction of sp³-hybridized carbons (Fsp3) is 0.412. The fourth-order valence-corrected chi connectivity index (χ4v) is 2.91. The van der Waals surface area contributed by atoms with Gasteiger partial charge in [0.05, 0.1) is 17.6 Å². The van der Waals surface area contributed by atoms with Crippen LogP contribution in [0.4, 0.5) is 10.2 Å². The molecule has 0 aliphatic rings. The fourth-order valence-electron chi connectivity index (χ4n) is 2.27. The summed E-state index contributed by atoms with van der Waals surface area (Å²) in [7, 11) is 0. The van der Waals surface area contributed by atoms with E-state index < -0.39 is 0 Å². The molecule has 0 spiro atoms. The maximum Gasteiger partial charge on any atom is 0.157 e. The lowest BCUT2D eigenvalue weighted by Crippen LogP contribution is -2.04. The van der Waals surface area contributed by atoms with Gasteiger partial charge < -0.3 is 10.3 Å². The average molecular weight is 334 g/mol. The molecule has 0 atom stereocenters. The number of nitrogens with one attached hydrogen (secondary N) is 2. The van der Waals surface area contributed by atoms with E-state index in [-0.39, 0.29) is 5.82 Å². The number of aromatic amines is 1. The maximum atomic E-state index is 14.4. The van der Waals surface area contributed by atoms with Crippen molar-refractivity contribution < 1.29 is 4.39 Å². The minimum absolute atomic E-state index is 0.246. The van der Waals surface area contributed by atoms with Crippen LogP contribution < -0.4 is 5.32 Å². The highest BCUT2D eigenvalue weighted by atomic mass is 32.1. The first kappa shape index (κ1) is 17.4. The summed E-state index contributed by atoms with van der Waals surface area (Å²) in [5.41, 5.74) is 1.15. The number of thiophene rings is 1. The van der Waals surface area contributed by atoms with Crippen molar-refractivity contribution in [1.29, 1.82) is 0 Å². The highest BCUT2D eigenvalue weighted by molar-refractivity contribution is 7.09. The Hall–Kier alpha value is -1.95. The summed E-state index contributed by atoms with van der Waals surface area (Å²) < 4.78 is 14.4. The molecule has 0 aliphatic heterocycles. The van der Waals surface area contributed by atoms with Crippen molar-refractivity contribution in [3.05, 3.63) is 39.7 Å². The monoisotopic (exact) mass is 334 g/mol. The van der Waals surface area contributed by atoms with Gasteiger partial charge in [-0.1, -0.05) is 33.8 Å². The number of anilines is 1. The van der Waals surface area contributed by atoms with Gasteiger partial charge in [-0.2, -0.15) is 0 Å². The molecular formula is C17H23FN4S. The molecule has 0 unspecified atom stereocenters. The third-order valence-corrected chi connectivity index (χ3v) is 4.27. The van der Waals surface area contributed by atoms with Gasteiger partial charge in [-0.15, -0.1) is 11.3 Å². The molecular weight excluding hydrogens is 311 g/mol. The predicted octanol–water partition coefficient (Wildman–Crippen LogP) is 4.92. The summed E-state index contributed by atoms with van der Waals surface area (Å²) in [6.07, 6.45) is 1.32. The van der Waals surface area contributed by atoms with Crippen LogP contribution in [0, 0.1) is 5.82 Å². The third kappa shape index (κ3) is 3.69. The first-order valence-electron chi connectivity index (χ1n) is 8.06. The second kappa shape index (κ2) is 8.06. The molecule has 2 N–H and O–H groups in total. The number of hydrogen-bond donors (Lipinski definition) is 2. The van der Waals surface area contributed by atoms with Crippen LogP contribution in [0.2, 0.25) is 0 Å². The van der Waals surface area contributed by atoms with E-state index in [9.17, 15) is 4.39 Å². The molecule has 0 radical (unpaired) electrons. The third-order valence-electron chi connectivity index (χ3n) is 3.39. The molecule has 3 heterocycles. The lowest BCUT2D eigenvalue weighted by molar-refractivity contribution is 0.621. The van der Waals surface area contributed by atoms with E-state index in [0.29, 0.717) is 47.8 Å². The molecule has 0 saturated carbocycles. The molecule has 0 fully saturated rings. The van der Waals surface area contributed by atoms with E-state index in [4.69, 9.17) is 0 Å². The SMILES string of the molecule is CC.CCc1nc(NCc2cccs2)c2c(F)c(CC)[nH]c2n1. The average Bonchev–Trinajstić information content (AvgIpc) is 3.22. The number of fused-ring (bicyclic) bond motifs is 1. The quantitative estimate of drug-likeness (QED) is 0.696. The summed E-state index contributed by atoms with van der Waals surface area (Å²) in [5, 5.41) is 5.73. The van der Waals surface area contributed by atoms with Crippen molar-refractivity contribution >= 4 is 28.2 Å². The zero-order valence-electron chi connectivity index (χ0n) is 14.0. The maximum absolute atomic E-state index is 14.4. The molecule has 3 rings (SSSR count). The van der Waals surface area contributed by atoms with E-state index in [1.54, 1.807) is 11.3 Å². The zero-order valence-corrected chi connectivity index (χ0v) is 14.9. The Balaban J connectivity index is 0.000000924. The minimum Gasteiger partial charge on any atom is -0.364 e. The predicted molar refractivity (Wildman–Crippen MR) is 95.6 cm³/mol. The lowest BCUT2D eigenvalue weighted by atomic mass is 10.2. The van der Waals surface area contributed by atoms with Gasteiger partial charge >= 0.3 is 0 Å². The summed E-state index contributed by atoms with van der Waals surface area (Å²) in [6, 6.07) is 4.04. The van der Waals surface area contributed by atoms with Gasteiger partial charge in [-0.3, -0.25) is 0 Å².